The zero-order valence-electron chi connectivity index (χ0n) is 13.5. The van der Waals surface area contributed by atoms with Crippen molar-refractivity contribution in [1.29, 1.82) is 0 Å². The Morgan fingerprint density at radius 2 is 1.54 bits per heavy atom. The van der Waals surface area contributed by atoms with E-state index in [0.29, 0.717) is 27.8 Å². The average molecular weight is 348 g/mol. The topological polar surface area (TPSA) is 64.6 Å². The van der Waals surface area contributed by atoms with Crippen LogP contribution in [0.1, 0.15) is 23.2 Å². The third-order valence-corrected chi connectivity index (χ3v) is 3.63. The van der Waals surface area contributed by atoms with Crippen molar-refractivity contribution in [3.63, 3.8) is 0 Å². The van der Waals surface area contributed by atoms with Gasteiger partial charge in [-0.1, -0.05) is 11.6 Å². The van der Waals surface area contributed by atoms with Crippen LogP contribution in [-0.2, 0) is 4.79 Å². The molecular weight excluding hydrogens is 330 g/mol. The number of anilines is 1. The zero-order chi connectivity index (χ0) is 17.5. The maximum atomic E-state index is 12.1. The van der Waals surface area contributed by atoms with E-state index in [1.54, 1.807) is 42.5 Å². The van der Waals surface area contributed by atoms with Gasteiger partial charge in [-0.15, -0.1) is 0 Å². The molecule has 0 aliphatic rings. The van der Waals surface area contributed by atoms with Gasteiger partial charge >= 0.3 is 0 Å². The predicted molar refractivity (Wildman–Crippen MR) is 93.2 cm³/mol. The Morgan fingerprint density at radius 3 is 2.08 bits per heavy atom. The lowest BCUT2D eigenvalue weighted by molar-refractivity contribution is -0.116. The number of hydrogen-bond acceptors (Lipinski definition) is 4. The van der Waals surface area contributed by atoms with Crippen LogP contribution in [0.3, 0.4) is 0 Å². The zero-order valence-corrected chi connectivity index (χ0v) is 14.2. The Balaban J connectivity index is 1.93. The summed E-state index contributed by atoms with van der Waals surface area (Å²) in [5, 5.41) is 3.30. The third kappa shape index (κ3) is 4.99. The Hall–Kier alpha value is -2.53. The van der Waals surface area contributed by atoms with Crippen molar-refractivity contribution >= 4 is 29.0 Å². The Kier molecular flexibility index (Phi) is 6.21. The van der Waals surface area contributed by atoms with Crippen LogP contribution >= 0.6 is 11.6 Å². The molecule has 0 heterocycles. The number of amides is 1. The van der Waals surface area contributed by atoms with Gasteiger partial charge in [0.05, 0.1) is 14.2 Å². The summed E-state index contributed by atoms with van der Waals surface area (Å²) < 4.78 is 10.3. The number of carbonyl (C=O) groups excluding carboxylic acids is 2. The maximum absolute atomic E-state index is 12.1. The van der Waals surface area contributed by atoms with Gasteiger partial charge in [-0.25, -0.2) is 0 Å². The Morgan fingerprint density at radius 1 is 0.958 bits per heavy atom. The third-order valence-electron chi connectivity index (χ3n) is 3.38. The first-order chi connectivity index (χ1) is 11.5. The van der Waals surface area contributed by atoms with E-state index in [1.807, 2.05) is 0 Å². The molecule has 126 valence electrons. The minimum Gasteiger partial charge on any atom is -0.497 e. The molecule has 0 aliphatic heterocycles. The fourth-order valence-corrected chi connectivity index (χ4v) is 2.24. The molecule has 0 saturated carbocycles. The molecule has 0 saturated heterocycles. The summed E-state index contributed by atoms with van der Waals surface area (Å²) in [4.78, 5) is 24.1. The van der Waals surface area contributed by atoms with Crippen LogP contribution in [0.5, 0.6) is 11.5 Å². The summed E-state index contributed by atoms with van der Waals surface area (Å²) in [6.07, 6.45) is 0.204. The van der Waals surface area contributed by atoms with Crippen molar-refractivity contribution in [1.82, 2.24) is 0 Å². The summed E-state index contributed by atoms with van der Waals surface area (Å²) in [6.45, 7) is 0. The number of hydrogen-bond donors (Lipinski definition) is 1. The van der Waals surface area contributed by atoms with Gasteiger partial charge in [0.1, 0.15) is 11.5 Å². The first kappa shape index (κ1) is 17.8. The number of nitrogens with one attached hydrogen (secondary N) is 1. The molecule has 0 fully saturated rings. The number of ether oxygens (including phenoxy) is 2. The number of ketones is 1. The van der Waals surface area contributed by atoms with Crippen LogP contribution in [0.2, 0.25) is 5.02 Å². The second-order valence-electron chi connectivity index (χ2n) is 5.08. The van der Waals surface area contributed by atoms with E-state index in [0.717, 1.165) is 0 Å². The summed E-state index contributed by atoms with van der Waals surface area (Å²) in [5.41, 5.74) is 1.09. The van der Waals surface area contributed by atoms with Gasteiger partial charge in [-0.05, 0) is 24.3 Å². The van der Waals surface area contributed by atoms with Gasteiger partial charge in [0.2, 0.25) is 5.91 Å². The van der Waals surface area contributed by atoms with Crippen LogP contribution in [-0.4, -0.2) is 25.9 Å². The Labute approximate surface area is 145 Å². The van der Waals surface area contributed by atoms with Crippen molar-refractivity contribution in [3.05, 3.63) is 53.1 Å². The van der Waals surface area contributed by atoms with Crippen LogP contribution in [0.25, 0.3) is 0 Å². The fourth-order valence-electron chi connectivity index (χ4n) is 2.11. The SMILES string of the molecule is COc1cc(NC(=O)CCC(=O)c2ccc(Cl)cc2)cc(OC)c1. The van der Waals surface area contributed by atoms with Crippen LogP contribution < -0.4 is 14.8 Å². The van der Waals surface area contributed by atoms with E-state index in [-0.39, 0.29) is 24.5 Å². The van der Waals surface area contributed by atoms with Gasteiger partial charge in [0.25, 0.3) is 0 Å². The van der Waals surface area contributed by atoms with Gasteiger partial charge in [-0.2, -0.15) is 0 Å². The van der Waals surface area contributed by atoms with E-state index >= 15 is 0 Å². The normalized spacial score (nSPS) is 10.1. The van der Waals surface area contributed by atoms with Crippen LogP contribution in [0, 0.1) is 0 Å². The molecule has 0 unspecified atom stereocenters. The molecule has 2 aromatic carbocycles. The largest absolute Gasteiger partial charge is 0.497 e. The summed E-state index contributed by atoms with van der Waals surface area (Å²) in [6, 6.07) is 11.7. The maximum Gasteiger partial charge on any atom is 0.224 e. The van der Waals surface area contributed by atoms with Crippen molar-refractivity contribution in [3.8, 4) is 11.5 Å². The molecule has 0 spiro atoms. The number of halogens is 1. The number of methoxy groups -OCH3 is 2. The Bertz CT molecular complexity index is 706. The molecule has 2 aromatic rings. The van der Waals surface area contributed by atoms with E-state index in [2.05, 4.69) is 5.32 Å². The molecular formula is C18H18ClNO4. The highest BCUT2D eigenvalue weighted by molar-refractivity contribution is 6.30. The minimum absolute atomic E-state index is 0.0843. The monoisotopic (exact) mass is 347 g/mol. The first-order valence-electron chi connectivity index (χ1n) is 7.33. The highest BCUT2D eigenvalue weighted by Crippen LogP contribution is 2.26. The quantitative estimate of drug-likeness (QED) is 0.770. The second-order valence-corrected chi connectivity index (χ2v) is 5.52. The number of Topliss-reactive ketones (excluding diaryl/α,β-unsaturated/α-hetero) is 1. The lowest BCUT2D eigenvalue weighted by atomic mass is 10.1. The lowest BCUT2D eigenvalue weighted by Crippen LogP contribution is -2.13. The second kappa shape index (κ2) is 8.36. The molecule has 6 heteroatoms. The molecule has 24 heavy (non-hydrogen) atoms. The molecule has 1 amide bonds. The van der Waals surface area contributed by atoms with E-state index in [4.69, 9.17) is 21.1 Å². The molecule has 0 bridgehead atoms. The molecule has 0 atom stereocenters. The van der Waals surface area contributed by atoms with Gasteiger partial charge in [0, 0.05) is 47.3 Å². The molecule has 0 aromatic heterocycles. The van der Waals surface area contributed by atoms with Crippen molar-refractivity contribution in [2.24, 2.45) is 0 Å². The van der Waals surface area contributed by atoms with Crippen LogP contribution in [0.4, 0.5) is 5.69 Å². The lowest BCUT2D eigenvalue weighted by Gasteiger charge is -2.09. The predicted octanol–water partition coefficient (Wildman–Crippen LogP) is 3.96. The van der Waals surface area contributed by atoms with Gasteiger partial charge in [-0.3, -0.25) is 9.59 Å². The molecule has 0 aliphatic carbocycles. The van der Waals surface area contributed by atoms with E-state index in [9.17, 15) is 9.59 Å². The average Bonchev–Trinajstić information content (AvgIpc) is 2.59. The van der Waals surface area contributed by atoms with Crippen molar-refractivity contribution in [2.45, 2.75) is 12.8 Å². The standard InChI is InChI=1S/C18H18ClNO4/c1-23-15-9-14(10-16(11-15)24-2)20-18(22)8-7-17(21)12-3-5-13(19)6-4-12/h3-6,9-11H,7-8H2,1-2H3,(H,20,22). The van der Waals surface area contributed by atoms with Crippen molar-refractivity contribution in [2.75, 3.05) is 19.5 Å². The van der Waals surface area contributed by atoms with Gasteiger partial charge < -0.3 is 14.8 Å². The van der Waals surface area contributed by atoms with E-state index in [1.165, 1.54) is 14.2 Å². The summed E-state index contributed by atoms with van der Waals surface area (Å²) in [7, 11) is 3.07. The van der Waals surface area contributed by atoms with Gasteiger partial charge in [0.15, 0.2) is 5.78 Å². The number of carbonyl (C=O) groups is 2. The first-order valence-corrected chi connectivity index (χ1v) is 7.71. The molecule has 1 N–H and O–H groups in total. The summed E-state index contributed by atoms with van der Waals surface area (Å²) >= 11 is 5.79. The molecule has 2 rings (SSSR count). The number of benzene rings is 2. The summed E-state index contributed by atoms with van der Waals surface area (Å²) in [5.74, 6) is 0.779. The minimum atomic E-state index is -0.257. The highest BCUT2D eigenvalue weighted by Gasteiger charge is 2.11. The smallest absolute Gasteiger partial charge is 0.224 e. The molecule has 5 nitrogen and oxygen atoms in total. The highest BCUT2D eigenvalue weighted by atomic mass is 35.5. The number of rotatable bonds is 7. The fraction of sp³-hybridized carbons (Fsp3) is 0.222. The molecule has 0 radical (unpaired) electrons. The van der Waals surface area contributed by atoms with E-state index < -0.39 is 0 Å². The van der Waals surface area contributed by atoms with Crippen LogP contribution in [0.15, 0.2) is 42.5 Å². The van der Waals surface area contributed by atoms with Crippen molar-refractivity contribution < 1.29 is 19.1 Å².